The van der Waals surface area contributed by atoms with Gasteiger partial charge in [0.05, 0.1) is 11.2 Å². The van der Waals surface area contributed by atoms with Gasteiger partial charge in [-0.05, 0) is 39.3 Å². The van der Waals surface area contributed by atoms with Crippen LogP contribution in [0.5, 0.6) is 0 Å². The zero-order valence-electron chi connectivity index (χ0n) is 13.0. The van der Waals surface area contributed by atoms with Crippen LogP contribution in [0.3, 0.4) is 0 Å². The molecule has 0 unspecified atom stereocenters. The molecule has 6 heteroatoms. The van der Waals surface area contributed by atoms with Crippen LogP contribution in [0.4, 0.5) is 11.9 Å². The number of H-pyrrole nitrogens is 1. The van der Waals surface area contributed by atoms with Gasteiger partial charge in [-0.15, -0.1) is 0 Å². The van der Waals surface area contributed by atoms with Crippen LogP contribution >= 0.6 is 0 Å². The van der Waals surface area contributed by atoms with Crippen LogP contribution in [0.15, 0.2) is 23.0 Å². The Morgan fingerprint density at radius 2 is 1.77 bits per heavy atom. The molecule has 112 valence electrons. The lowest BCUT2D eigenvalue weighted by Crippen LogP contribution is -2.16. The molecular weight excluding hydrogens is 278 g/mol. The van der Waals surface area contributed by atoms with E-state index in [1.807, 2.05) is 32.0 Å². The second-order valence-corrected chi connectivity index (χ2v) is 5.40. The van der Waals surface area contributed by atoms with Crippen molar-refractivity contribution >= 4 is 22.8 Å². The van der Waals surface area contributed by atoms with Crippen molar-refractivity contribution in [3.05, 3.63) is 51.1 Å². The largest absolute Gasteiger partial charge is 0.294 e. The molecule has 0 aliphatic rings. The Labute approximate surface area is 127 Å². The molecule has 0 spiro atoms. The van der Waals surface area contributed by atoms with Crippen molar-refractivity contribution < 1.29 is 0 Å². The highest BCUT2D eigenvalue weighted by atomic mass is 16.1. The van der Waals surface area contributed by atoms with Gasteiger partial charge in [0.2, 0.25) is 11.9 Å². The minimum absolute atomic E-state index is 0.164. The van der Waals surface area contributed by atoms with Crippen LogP contribution in [0.1, 0.15) is 22.5 Å². The summed E-state index contributed by atoms with van der Waals surface area (Å²) in [5.74, 6) is 0.765. The maximum absolute atomic E-state index is 11.8. The van der Waals surface area contributed by atoms with Gasteiger partial charge in [0.1, 0.15) is 0 Å². The van der Waals surface area contributed by atoms with E-state index in [2.05, 4.69) is 25.3 Å². The van der Waals surface area contributed by atoms with E-state index in [4.69, 9.17) is 0 Å². The maximum atomic E-state index is 11.8. The fourth-order valence-corrected chi connectivity index (χ4v) is 2.26. The van der Waals surface area contributed by atoms with Gasteiger partial charge < -0.3 is 0 Å². The average molecular weight is 295 g/mol. The number of aryl methyl sites for hydroxylation is 3. The Hall–Kier alpha value is -2.76. The zero-order chi connectivity index (χ0) is 15.9. The number of aromatic nitrogens is 4. The Morgan fingerprint density at radius 3 is 2.50 bits per heavy atom. The first-order valence-corrected chi connectivity index (χ1v) is 7.03. The van der Waals surface area contributed by atoms with Crippen LogP contribution in [0.25, 0.3) is 10.9 Å². The summed E-state index contributed by atoms with van der Waals surface area (Å²) in [6, 6.07) is 6.06. The Balaban J connectivity index is 2.06. The number of anilines is 2. The normalized spacial score (nSPS) is 10.9. The van der Waals surface area contributed by atoms with Gasteiger partial charge >= 0.3 is 0 Å². The molecule has 22 heavy (non-hydrogen) atoms. The number of hydrogen-bond acceptors (Lipinski definition) is 5. The lowest BCUT2D eigenvalue weighted by Gasteiger charge is -2.09. The summed E-state index contributed by atoms with van der Waals surface area (Å²) < 4.78 is 0. The smallest absolute Gasteiger partial charge is 0.255 e. The van der Waals surface area contributed by atoms with Crippen molar-refractivity contribution in [3.8, 4) is 0 Å². The van der Waals surface area contributed by atoms with E-state index in [9.17, 15) is 4.79 Å². The van der Waals surface area contributed by atoms with Gasteiger partial charge in [-0.3, -0.25) is 15.1 Å². The Bertz CT molecular complexity index is 930. The SMILES string of the molecule is Cc1ccc2c(C)nc(Nc3nc(C)c(C)c(=O)[nH]3)nc2c1. The lowest BCUT2D eigenvalue weighted by molar-refractivity contribution is 1.01. The van der Waals surface area contributed by atoms with Crippen LogP contribution in [-0.2, 0) is 0 Å². The predicted molar refractivity (Wildman–Crippen MR) is 86.6 cm³/mol. The van der Waals surface area contributed by atoms with E-state index in [0.717, 1.165) is 22.2 Å². The van der Waals surface area contributed by atoms with E-state index >= 15 is 0 Å². The molecular formula is C16H17N5O. The number of nitrogens with zero attached hydrogens (tertiary/aromatic N) is 3. The van der Waals surface area contributed by atoms with Crippen LogP contribution in [0.2, 0.25) is 0 Å². The molecule has 0 amide bonds. The quantitative estimate of drug-likeness (QED) is 0.759. The number of benzene rings is 1. The highest BCUT2D eigenvalue weighted by molar-refractivity contribution is 5.82. The first kappa shape index (κ1) is 14.2. The zero-order valence-corrected chi connectivity index (χ0v) is 13.0. The molecule has 0 saturated carbocycles. The van der Waals surface area contributed by atoms with Gasteiger partial charge in [-0.25, -0.2) is 15.0 Å². The second kappa shape index (κ2) is 5.22. The first-order valence-electron chi connectivity index (χ1n) is 7.03. The molecule has 1 aromatic carbocycles. The third kappa shape index (κ3) is 2.55. The molecule has 0 aliphatic heterocycles. The fourth-order valence-electron chi connectivity index (χ4n) is 2.26. The molecule has 3 rings (SSSR count). The van der Waals surface area contributed by atoms with Crippen molar-refractivity contribution in [1.82, 2.24) is 19.9 Å². The molecule has 0 saturated heterocycles. The molecule has 2 heterocycles. The topological polar surface area (TPSA) is 83.6 Å². The standard InChI is InChI=1S/C16H17N5O/c1-8-5-6-12-11(4)18-15(19-13(12)7-8)21-16-17-10(3)9(2)14(22)20-16/h5-7H,1-4H3,(H2,17,18,19,20,21,22). The molecule has 0 radical (unpaired) electrons. The number of fused-ring (bicyclic) bond motifs is 1. The van der Waals surface area contributed by atoms with Crippen molar-refractivity contribution in [2.45, 2.75) is 27.7 Å². The minimum Gasteiger partial charge on any atom is -0.294 e. The van der Waals surface area contributed by atoms with Crippen LogP contribution < -0.4 is 10.9 Å². The highest BCUT2D eigenvalue weighted by Crippen LogP contribution is 2.19. The third-order valence-corrected chi connectivity index (χ3v) is 3.67. The molecule has 6 nitrogen and oxygen atoms in total. The highest BCUT2D eigenvalue weighted by Gasteiger charge is 2.08. The lowest BCUT2D eigenvalue weighted by atomic mass is 10.1. The summed E-state index contributed by atoms with van der Waals surface area (Å²) in [5, 5.41) is 3.99. The summed E-state index contributed by atoms with van der Waals surface area (Å²) >= 11 is 0. The van der Waals surface area contributed by atoms with Crippen LogP contribution in [-0.4, -0.2) is 19.9 Å². The summed E-state index contributed by atoms with van der Waals surface area (Å²) in [6.07, 6.45) is 0. The Morgan fingerprint density at radius 1 is 1.00 bits per heavy atom. The molecule has 0 aliphatic carbocycles. The summed E-state index contributed by atoms with van der Waals surface area (Å²) in [7, 11) is 0. The number of nitrogens with one attached hydrogen (secondary N) is 2. The third-order valence-electron chi connectivity index (χ3n) is 3.67. The summed E-state index contributed by atoms with van der Waals surface area (Å²) in [4.78, 5) is 27.7. The summed E-state index contributed by atoms with van der Waals surface area (Å²) in [5.41, 5.74) is 3.99. The first-order chi connectivity index (χ1) is 10.4. The van der Waals surface area contributed by atoms with Gasteiger partial charge in [0.15, 0.2) is 0 Å². The van der Waals surface area contributed by atoms with Crippen molar-refractivity contribution in [1.29, 1.82) is 0 Å². The molecule has 0 fully saturated rings. The van der Waals surface area contributed by atoms with Crippen LogP contribution in [0, 0.1) is 27.7 Å². The number of aromatic amines is 1. The van der Waals surface area contributed by atoms with Crippen molar-refractivity contribution in [2.75, 3.05) is 5.32 Å². The predicted octanol–water partition coefficient (Wildman–Crippen LogP) is 2.69. The molecule has 2 N–H and O–H groups in total. The molecule has 0 atom stereocenters. The minimum atomic E-state index is -0.164. The van der Waals surface area contributed by atoms with E-state index in [1.54, 1.807) is 13.8 Å². The van der Waals surface area contributed by atoms with Gasteiger partial charge in [0.25, 0.3) is 5.56 Å². The molecule has 0 bridgehead atoms. The van der Waals surface area contributed by atoms with E-state index in [1.165, 1.54) is 0 Å². The summed E-state index contributed by atoms with van der Waals surface area (Å²) in [6.45, 7) is 7.49. The van der Waals surface area contributed by atoms with Gasteiger partial charge in [-0.1, -0.05) is 12.1 Å². The van der Waals surface area contributed by atoms with E-state index in [0.29, 0.717) is 23.2 Å². The van der Waals surface area contributed by atoms with Crippen molar-refractivity contribution in [2.24, 2.45) is 0 Å². The van der Waals surface area contributed by atoms with E-state index in [-0.39, 0.29) is 5.56 Å². The van der Waals surface area contributed by atoms with Gasteiger partial charge in [-0.2, -0.15) is 0 Å². The molecule has 3 aromatic rings. The van der Waals surface area contributed by atoms with E-state index < -0.39 is 0 Å². The average Bonchev–Trinajstić information content (AvgIpc) is 2.44. The monoisotopic (exact) mass is 295 g/mol. The van der Waals surface area contributed by atoms with Crippen molar-refractivity contribution in [3.63, 3.8) is 0 Å². The number of hydrogen-bond donors (Lipinski definition) is 2. The maximum Gasteiger partial charge on any atom is 0.255 e. The fraction of sp³-hybridized carbons (Fsp3) is 0.250. The number of rotatable bonds is 2. The molecule has 2 aromatic heterocycles. The second-order valence-electron chi connectivity index (χ2n) is 5.40. The Kier molecular flexibility index (Phi) is 3.36. The van der Waals surface area contributed by atoms with Gasteiger partial charge in [0, 0.05) is 16.6 Å².